The number of carboxylic acid groups (broad SMARTS) is 1. The monoisotopic (exact) mass is 307 g/mol. The summed E-state index contributed by atoms with van der Waals surface area (Å²) in [5, 5.41) is 13.9. The molecular weight excluding hydrogens is 298 g/mol. The molecule has 1 aromatic heterocycles. The zero-order chi connectivity index (χ0) is 12.1. The third-order valence-corrected chi connectivity index (χ3v) is 3.10. The molecule has 0 radical (unpaired) electrons. The van der Waals surface area contributed by atoms with Crippen LogP contribution in [0.4, 0.5) is 9.93 Å². The lowest BCUT2D eigenvalue weighted by molar-refractivity contribution is -0.139. The van der Waals surface area contributed by atoms with E-state index in [-0.39, 0.29) is 0 Å². The molecule has 1 heterocycles. The molecule has 0 bridgehead atoms. The number of carboxylic acids is 1. The van der Waals surface area contributed by atoms with Gasteiger partial charge in [0.2, 0.25) is 0 Å². The number of anilines is 1. The molecule has 0 saturated heterocycles. The molecule has 0 fully saturated rings. The minimum atomic E-state index is -1.06. The van der Waals surface area contributed by atoms with Crippen LogP contribution in [0.25, 0.3) is 0 Å². The number of amides is 2. The topological polar surface area (TPSA) is 91.3 Å². The van der Waals surface area contributed by atoms with Gasteiger partial charge in [0.15, 0.2) is 5.13 Å². The van der Waals surface area contributed by atoms with Crippen LogP contribution >= 0.6 is 27.3 Å². The third kappa shape index (κ3) is 3.78. The van der Waals surface area contributed by atoms with Crippen molar-refractivity contribution in [2.24, 2.45) is 0 Å². The number of carbonyl (C=O) groups is 2. The lowest BCUT2D eigenvalue weighted by Gasteiger charge is -2.11. The molecule has 1 aromatic rings. The summed E-state index contributed by atoms with van der Waals surface area (Å²) in [5.74, 6) is -1.06. The van der Waals surface area contributed by atoms with Crippen molar-refractivity contribution in [2.75, 3.05) is 5.32 Å². The smallest absolute Gasteiger partial charge is 0.326 e. The lowest BCUT2D eigenvalue weighted by Crippen LogP contribution is -2.42. The molecule has 88 valence electrons. The highest BCUT2D eigenvalue weighted by Crippen LogP contribution is 2.22. The van der Waals surface area contributed by atoms with Crippen molar-refractivity contribution in [1.82, 2.24) is 10.3 Å². The van der Waals surface area contributed by atoms with Crippen LogP contribution in [-0.4, -0.2) is 28.1 Å². The Kier molecular flexibility index (Phi) is 4.69. The maximum atomic E-state index is 11.4. The van der Waals surface area contributed by atoms with E-state index in [0.29, 0.717) is 11.6 Å². The van der Waals surface area contributed by atoms with E-state index in [1.807, 2.05) is 0 Å². The number of hydrogen-bond acceptors (Lipinski definition) is 4. The van der Waals surface area contributed by atoms with Crippen molar-refractivity contribution < 1.29 is 14.7 Å². The maximum Gasteiger partial charge on any atom is 0.326 e. The number of carbonyl (C=O) groups excluding carboxylic acids is 1. The van der Waals surface area contributed by atoms with Gasteiger partial charge in [0.1, 0.15) is 6.04 Å². The van der Waals surface area contributed by atoms with Gasteiger partial charge in [-0.2, -0.15) is 0 Å². The van der Waals surface area contributed by atoms with Gasteiger partial charge in [0.25, 0.3) is 0 Å². The predicted octanol–water partition coefficient (Wildman–Crippen LogP) is 1.89. The first-order chi connectivity index (χ1) is 7.52. The minimum Gasteiger partial charge on any atom is -0.480 e. The number of nitrogens with one attached hydrogen (secondary N) is 2. The Hall–Kier alpha value is -1.15. The molecule has 0 aliphatic rings. The van der Waals surface area contributed by atoms with E-state index in [0.717, 1.165) is 3.79 Å². The summed E-state index contributed by atoms with van der Waals surface area (Å²) < 4.78 is 0.785. The van der Waals surface area contributed by atoms with Crippen LogP contribution in [0.2, 0.25) is 0 Å². The second-order valence-corrected chi connectivity index (χ2v) is 5.28. The molecule has 16 heavy (non-hydrogen) atoms. The minimum absolute atomic E-state index is 0.324. The number of thiazole rings is 1. The average molecular weight is 308 g/mol. The van der Waals surface area contributed by atoms with Crippen molar-refractivity contribution >= 4 is 44.4 Å². The van der Waals surface area contributed by atoms with E-state index in [1.165, 1.54) is 11.3 Å². The molecule has 8 heteroatoms. The van der Waals surface area contributed by atoms with Gasteiger partial charge in [0, 0.05) is 0 Å². The fraction of sp³-hybridized carbons (Fsp3) is 0.375. The standard InChI is InChI=1S/C8H10BrN3O3S/c1-2-4(6(13)14)11-7(15)12-8-10-3-5(9)16-8/h3-4H,2H2,1H3,(H,13,14)(H2,10,11,12,15)/t4-/m1/s1. The second kappa shape index (κ2) is 5.80. The molecule has 0 aromatic carbocycles. The highest BCUT2D eigenvalue weighted by Gasteiger charge is 2.17. The number of nitrogens with zero attached hydrogens (tertiary/aromatic N) is 1. The highest BCUT2D eigenvalue weighted by molar-refractivity contribution is 9.11. The molecule has 3 N–H and O–H groups in total. The first kappa shape index (κ1) is 12.9. The fourth-order valence-electron chi connectivity index (χ4n) is 0.942. The van der Waals surface area contributed by atoms with E-state index < -0.39 is 18.0 Å². The van der Waals surface area contributed by atoms with Crippen molar-refractivity contribution in [2.45, 2.75) is 19.4 Å². The summed E-state index contributed by atoms with van der Waals surface area (Å²) in [5.41, 5.74) is 0. The van der Waals surface area contributed by atoms with Crippen molar-refractivity contribution in [1.29, 1.82) is 0 Å². The van der Waals surface area contributed by atoms with Gasteiger partial charge in [-0.3, -0.25) is 5.32 Å². The number of aliphatic carboxylic acids is 1. The number of urea groups is 1. The molecule has 6 nitrogen and oxygen atoms in total. The quantitative estimate of drug-likeness (QED) is 0.792. The van der Waals surface area contributed by atoms with E-state index >= 15 is 0 Å². The molecule has 0 spiro atoms. The van der Waals surface area contributed by atoms with E-state index in [9.17, 15) is 9.59 Å². The Labute approximate surface area is 104 Å². The molecule has 1 atom stereocenters. The van der Waals surface area contributed by atoms with E-state index in [2.05, 4.69) is 31.5 Å². The van der Waals surface area contributed by atoms with Gasteiger partial charge in [-0.25, -0.2) is 14.6 Å². The first-order valence-electron chi connectivity index (χ1n) is 4.44. The summed E-state index contributed by atoms with van der Waals surface area (Å²) >= 11 is 4.45. The molecule has 0 aliphatic heterocycles. The Morgan fingerprint density at radius 2 is 2.38 bits per heavy atom. The van der Waals surface area contributed by atoms with Gasteiger partial charge in [-0.05, 0) is 22.4 Å². The number of halogens is 1. The van der Waals surface area contributed by atoms with Gasteiger partial charge < -0.3 is 10.4 Å². The predicted molar refractivity (Wildman–Crippen MR) is 63.7 cm³/mol. The molecule has 0 saturated carbocycles. The second-order valence-electron chi connectivity index (χ2n) is 2.87. The van der Waals surface area contributed by atoms with Crippen molar-refractivity contribution in [3.63, 3.8) is 0 Å². The molecule has 0 unspecified atom stereocenters. The van der Waals surface area contributed by atoms with Crippen LogP contribution in [0.3, 0.4) is 0 Å². The van der Waals surface area contributed by atoms with Crippen LogP contribution < -0.4 is 10.6 Å². The largest absolute Gasteiger partial charge is 0.480 e. The van der Waals surface area contributed by atoms with Gasteiger partial charge in [0.05, 0.1) is 9.98 Å². The summed E-state index contributed by atoms with van der Waals surface area (Å²) in [6.07, 6.45) is 1.87. The first-order valence-corrected chi connectivity index (χ1v) is 6.05. The summed E-state index contributed by atoms with van der Waals surface area (Å²) in [6.45, 7) is 1.68. The fourth-order valence-corrected chi connectivity index (χ4v) is 2.04. The highest BCUT2D eigenvalue weighted by atomic mass is 79.9. The van der Waals surface area contributed by atoms with Crippen LogP contribution in [0.5, 0.6) is 0 Å². The van der Waals surface area contributed by atoms with Gasteiger partial charge in [-0.1, -0.05) is 18.3 Å². The number of hydrogen-bond donors (Lipinski definition) is 3. The van der Waals surface area contributed by atoms with E-state index in [4.69, 9.17) is 5.11 Å². The normalized spacial score (nSPS) is 11.9. The maximum absolute atomic E-state index is 11.4. The third-order valence-electron chi connectivity index (χ3n) is 1.71. The van der Waals surface area contributed by atoms with Gasteiger partial charge >= 0.3 is 12.0 Å². The van der Waals surface area contributed by atoms with Crippen molar-refractivity contribution in [3.8, 4) is 0 Å². The van der Waals surface area contributed by atoms with Crippen molar-refractivity contribution in [3.05, 3.63) is 9.98 Å². The van der Waals surface area contributed by atoms with Crippen LogP contribution in [0.15, 0.2) is 9.98 Å². The lowest BCUT2D eigenvalue weighted by atomic mass is 10.2. The molecule has 1 rings (SSSR count). The Morgan fingerprint density at radius 3 is 2.81 bits per heavy atom. The SMILES string of the molecule is CC[C@@H](NC(=O)Nc1ncc(Br)s1)C(=O)O. The molecular formula is C8H10BrN3O3S. The molecule has 0 aliphatic carbocycles. The zero-order valence-corrected chi connectivity index (χ0v) is 10.8. The zero-order valence-electron chi connectivity index (χ0n) is 8.36. The van der Waals surface area contributed by atoms with Crippen LogP contribution in [0, 0.1) is 0 Å². The molecule has 2 amide bonds. The van der Waals surface area contributed by atoms with Crippen LogP contribution in [0.1, 0.15) is 13.3 Å². The average Bonchev–Trinajstić information content (AvgIpc) is 2.60. The Morgan fingerprint density at radius 1 is 1.69 bits per heavy atom. The number of rotatable bonds is 4. The Bertz CT molecular complexity index is 396. The summed E-state index contributed by atoms with van der Waals surface area (Å²) in [7, 11) is 0. The van der Waals surface area contributed by atoms with E-state index in [1.54, 1.807) is 13.1 Å². The van der Waals surface area contributed by atoms with Gasteiger partial charge in [-0.15, -0.1) is 0 Å². The number of aromatic nitrogens is 1. The summed E-state index contributed by atoms with van der Waals surface area (Å²) in [6, 6.07) is -1.46. The van der Waals surface area contributed by atoms with Crippen LogP contribution in [-0.2, 0) is 4.79 Å². The Balaban J connectivity index is 2.50. The summed E-state index contributed by atoms with van der Waals surface area (Å²) in [4.78, 5) is 25.9.